The minimum Gasteiger partial charge on any atom is -0.414 e. The summed E-state index contributed by atoms with van der Waals surface area (Å²) in [6, 6.07) is 43.5. The second kappa shape index (κ2) is 22.7. The molecule has 0 aliphatic carbocycles. The largest absolute Gasteiger partial charge is 0.414 e. The quantitative estimate of drug-likeness (QED) is 0.120. The summed E-state index contributed by atoms with van der Waals surface area (Å²) in [4.78, 5) is 31.4. The van der Waals surface area contributed by atoms with Crippen LogP contribution in [0.4, 0.5) is 11.6 Å². The number of pyridine rings is 1. The normalized spacial score (nSPS) is 11.2. The molecule has 0 bridgehead atoms. The van der Waals surface area contributed by atoms with Crippen LogP contribution in [0.3, 0.4) is 0 Å². The maximum absolute atomic E-state index is 12.2. The molecule has 13 rings (SSSR count). The van der Waals surface area contributed by atoms with Crippen molar-refractivity contribution >= 4 is 53.8 Å². The predicted molar refractivity (Wildman–Crippen MR) is 320 cm³/mol. The van der Waals surface area contributed by atoms with E-state index < -0.39 is 15.1 Å². The molecule has 0 radical (unpaired) electrons. The Morgan fingerprint density at radius 1 is 0.543 bits per heavy atom. The fourth-order valence-electron chi connectivity index (χ4n) is 8.18. The van der Waals surface area contributed by atoms with E-state index in [0.717, 1.165) is 43.4 Å². The summed E-state index contributed by atoms with van der Waals surface area (Å²) in [7, 11) is -3.32. The van der Waals surface area contributed by atoms with Crippen molar-refractivity contribution in [3.63, 3.8) is 0 Å². The Bertz CT molecular complexity index is 4570. The molecular formula is C59H55N15O5S2. The number of terminal acetylenes is 1. The van der Waals surface area contributed by atoms with Crippen molar-refractivity contribution in [3.05, 3.63) is 181 Å². The predicted octanol–water partition coefficient (Wildman–Crippen LogP) is 12.8. The van der Waals surface area contributed by atoms with Gasteiger partial charge in [-0.25, -0.2) is 33.3 Å². The Morgan fingerprint density at radius 2 is 1.10 bits per heavy atom. The van der Waals surface area contributed by atoms with Gasteiger partial charge >= 0.3 is 0 Å². The van der Waals surface area contributed by atoms with E-state index in [1.54, 1.807) is 81.2 Å². The number of hydrogen-bond acceptors (Lipinski definition) is 21. The number of fused-ring (bicyclic) bond motifs is 2. The Morgan fingerprint density at radius 3 is 1.72 bits per heavy atom. The number of sulfone groups is 1. The van der Waals surface area contributed by atoms with Crippen LogP contribution < -0.4 is 11.5 Å². The number of thiophene rings is 1. The fourth-order valence-corrected chi connectivity index (χ4v) is 10.2. The molecule has 0 saturated heterocycles. The summed E-state index contributed by atoms with van der Waals surface area (Å²) in [5.41, 5.74) is 21.0. The lowest BCUT2D eigenvalue weighted by Crippen LogP contribution is -2.13. The molecular weight excluding hydrogens is 1060 g/mol. The van der Waals surface area contributed by atoms with Crippen LogP contribution in [0.15, 0.2) is 188 Å². The van der Waals surface area contributed by atoms with Crippen LogP contribution in [-0.2, 0) is 9.84 Å². The number of aryl methyl sites for hydroxylation is 1. The summed E-state index contributed by atoms with van der Waals surface area (Å²) in [5.74, 6) is 4.28. The molecule has 0 aliphatic rings. The van der Waals surface area contributed by atoms with Crippen LogP contribution in [0, 0.1) is 19.3 Å². The van der Waals surface area contributed by atoms with Gasteiger partial charge in [0.25, 0.3) is 23.6 Å². The Labute approximate surface area is 475 Å². The summed E-state index contributed by atoms with van der Waals surface area (Å²) < 4.78 is 42.5. The van der Waals surface area contributed by atoms with Gasteiger partial charge in [0, 0.05) is 52.7 Å². The Kier molecular flexibility index (Phi) is 14.6. The molecule has 8 aromatic heterocycles. The second-order valence-corrected chi connectivity index (χ2v) is 21.3. The molecule has 0 aliphatic heterocycles. The van der Waals surface area contributed by atoms with Crippen molar-refractivity contribution in [2.24, 2.45) is 0 Å². The number of benzene rings is 5. The van der Waals surface area contributed by atoms with Gasteiger partial charge in [-0.15, -0.1) is 43.3 Å². The van der Waals surface area contributed by atoms with Crippen molar-refractivity contribution in [2.45, 2.75) is 30.9 Å². The highest BCUT2D eigenvalue weighted by atomic mass is 32.2. The lowest BCUT2D eigenvalue weighted by molar-refractivity contribution is 0.552. The molecule has 20 nitrogen and oxygen atoms in total. The third-order valence-electron chi connectivity index (χ3n) is 12.4. The highest BCUT2D eigenvalue weighted by molar-refractivity contribution is 7.92. The fraction of sp³-hybridized carbons (Fsp3) is 0.0678. The van der Waals surface area contributed by atoms with Crippen LogP contribution in [-0.4, -0.2) is 79.1 Å². The smallest absolute Gasteiger partial charge is 0.293 e. The van der Waals surface area contributed by atoms with E-state index in [1.165, 1.54) is 5.39 Å². The van der Waals surface area contributed by atoms with E-state index in [4.69, 9.17) is 31.1 Å². The third kappa shape index (κ3) is 11.1. The SMILES string of the molecule is C#Cc1nnc(-c2nc(-c3ccc(S(=O)(=O)C(C)C)cc3)cnc2C)o1.Nc1ncc(-c2cccc3ccsc23)nc1-c1nnc(-c2ccccc2)o1.Nc1ncc(-c2cccc3ncccc23)nc1-c1nnc(-c2ccccc2)o1.[HH].[HH].[HH].[HH].[HH].[HH]. The topological polar surface area (TPSA) is 293 Å². The van der Waals surface area contributed by atoms with Crippen molar-refractivity contribution in [1.29, 1.82) is 0 Å². The average Bonchev–Trinajstić information content (AvgIpc) is 3.49. The molecule has 81 heavy (non-hydrogen) atoms. The highest BCUT2D eigenvalue weighted by Crippen LogP contribution is 2.35. The van der Waals surface area contributed by atoms with Crippen molar-refractivity contribution in [2.75, 3.05) is 11.5 Å². The molecule has 0 amide bonds. The molecule has 22 heteroatoms. The van der Waals surface area contributed by atoms with Gasteiger partial charge < -0.3 is 24.7 Å². The van der Waals surface area contributed by atoms with Crippen LogP contribution in [0.25, 0.3) is 112 Å². The first-order valence-electron chi connectivity index (χ1n) is 24.7. The van der Waals surface area contributed by atoms with Gasteiger partial charge in [-0.2, -0.15) is 0 Å². The van der Waals surface area contributed by atoms with Gasteiger partial charge in [-0.05, 0) is 92.1 Å². The number of aromatic nitrogens is 13. The Balaban J connectivity index is 0.000000230. The first-order chi connectivity index (χ1) is 39.4. The number of nitrogens with two attached hydrogens (primary N) is 2. The monoisotopic (exact) mass is 1120 g/mol. The molecule has 0 saturated carbocycles. The van der Waals surface area contributed by atoms with Crippen LogP contribution >= 0.6 is 11.3 Å². The average molecular weight is 1120 g/mol. The van der Waals surface area contributed by atoms with Gasteiger partial charge in [-0.3, -0.25) is 9.97 Å². The van der Waals surface area contributed by atoms with Gasteiger partial charge in [0.05, 0.1) is 57.0 Å². The zero-order chi connectivity index (χ0) is 56.0. The molecule has 0 fully saturated rings. The molecule has 0 unspecified atom stereocenters. The van der Waals surface area contributed by atoms with Crippen molar-refractivity contribution < 1.29 is 30.2 Å². The first-order valence-corrected chi connectivity index (χ1v) is 27.2. The van der Waals surface area contributed by atoms with Gasteiger partial charge in [0.1, 0.15) is 5.69 Å². The van der Waals surface area contributed by atoms with Crippen LogP contribution in [0.5, 0.6) is 0 Å². The molecule has 0 spiro atoms. The van der Waals surface area contributed by atoms with Crippen LogP contribution in [0.1, 0.15) is 34.0 Å². The number of rotatable bonds is 10. The summed E-state index contributed by atoms with van der Waals surface area (Å²) in [5, 5.41) is 27.8. The van der Waals surface area contributed by atoms with E-state index in [2.05, 4.69) is 88.9 Å². The first kappa shape index (κ1) is 52.3. The Hall–Kier alpha value is -10.8. The lowest BCUT2D eigenvalue weighted by atomic mass is 10.1. The number of nitrogens with zero attached hydrogens (tertiary/aromatic N) is 13. The van der Waals surface area contributed by atoms with Gasteiger partial charge in [0.15, 0.2) is 32.9 Å². The summed E-state index contributed by atoms with van der Waals surface area (Å²) >= 11 is 1.67. The highest BCUT2D eigenvalue weighted by Gasteiger charge is 2.22. The molecule has 0 atom stereocenters. The zero-order valence-corrected chi connectivity index (χ0v) is 44.8. The van der Waals surface area contributed by atoms with E-state index >= 15 is 0 Å². The van der Waals surface area contributed by atoms with Crippen LogP contribution in [0.2, 0.25) is 0 Å². The molecule has 408 valence electrons. The minimum atomic E-state index is -3.32. The molecule has 4 N–H and O–H groups in total. The standard InChI is InChI=1S/C21H14N6O.C20H13N5OS.C18H16N4O3S.6H2/c22-19-18(21-27-26-20(28-21)13-6-2-1-3-7-13)25-17(12-24-19)15-8-4-10-16-14(15)9-5-11-23-16;21-18-16(20-25-24-19(26-20)13-5-2-1-3-6-13)23-15(11-22-18)14-8-4-7-12-9-10-27-17(12)14;1-5-16-21-22-18(25-16)17-12(4)19-10-15(20-17)13-6-8-14(9-7-13)26(23,24)11(2)3;;;;;;/h1-12H,(H2,22,24);1-11H,(H2,21,22);1,6-11H,2-4H3;6*1H. The maximum atomic E-state index is 12.2. The van der Waals surface area contributed by atoms with Gasteiger partial charge in [0.2, 0.25) is 11.8 Å². The van der Waals surface area contributed by atoms with E-state index in [9.17, 15) is 8.42 Å². The maximum Gasteiger partial charge on any atom is 0.293 e. The lowest BCUT2D eigenvalue weighted by Gasteiger charge is -2.09. The summed E-state index contributed by atoms with van der Waals surface area (Å²) in [6.45, 7) is 5.07. The molecule has 13 aromatic rings. The summed E-state index contributed by atoms with van der Waals surface area (Å²) in [6.07, 6.45) is 11.9. The van der Waals surface area contributed by atoms with E-state index in [1.807, 2.05) is 103 Å². The second-order valence-electron chi connectivity index (χ2n) is 17.9. The zero-order valence-electron chi connectivity index (χ0n) is 43.1. The minimum absolute atomic E-state index is 0. The molecule has 8 heterocycles. The number of nitrogen functional groups attached to an aromatic ring is 2. The van der Waals surface area contributed by atoms with Gasteiger partial charge in [-0.1, -0.05) is 90.0 Å². The third-order valence-corrected chi connectivity index (χ3v) is 15.5. The van der Waals surface area contributed by atoms with E-state index in [-0.39, 0.29) is 48.7 Å². The number of anilines is 2. The number of hydrogen-bond donors (Lipinski definition) is 2. The van der Waals surface area contributed by atoms with E-state index in [0.29, 0.717) is 51.6 Å². The van der Waals surface area contributed by atoms with Crippen molar-refractivity contribution in [3.8, 4) is 104 Å². The van der Waals surface area contributed by atoms with Crippen molar-refractivity contribution in [1.82, 2.24) is 65.5 Å². The molecule has 5 aromatic carbocycles.